The van der Waals surface area contributed by atoms with E-state index >= 15 is 0 Å². The highest BCUT2D eigenvalue weighted by Crippen LogP contribution is 2.66. The van der Waals surface area contributed by atoms with E-state index in [1.54, 1.807) is 0 Å². The number of nitrogens with one attached hydrogen (secondary N) is 5. The number of urea groups is 1. The Morgan fingerprint density at radius 1 is 0.926 bits per heavy atom. The molecule has 8 atom stereocenters. The number of amides is 4. The predicted octanol–water partition coefficient (Wildman–Crippen LogP) is -0.411. The van der Waals surface area contributed by atoms with Crippen LogP contribution in [0.4, 0.5) is 4.79 Å². The first-order chi connectivity index (χ1) is 25.3. The molecule has 4 amide bonds. The quantitative estimate of drug-likeness (QED) is 0.0403. The molecule has 0 bridgehead atoms. The van der Waals surface area contributed by atoms with E-state index in [2.05, 4.69) is 39.4 Å². The number of nitrogens with zero attached hydrogens (tertiary/aromatic N) is 1. The number of phosphoric acid groups is 3. The molecule has 3 fully saturated rings. The molecule has 306 valence electrons. The number of thioether (sulfide) groups is 1. The van der Waals surface area contributed by atoms with Gasteiger partial charge in [-0.2, -0.15) is 20.4 Å². The second kappa shape index (κ2) is 19.6. The van der Waals surface area contributed by atoms with E-state index in [1.807, 2.05) is 11.8 Å². The van der Waals surface area contributed by atoms with E-state index in [1.165, 1.54) is 0 Å². The van der Waals surface area contributed by atoms with Gasteiger partial charge in [-0.25, -0.2) is 23.3 Å². The maximum atomic E-state index is 12.5. The van der Waals surface area contributed by atoms with Crippen LogP contribution >= 0.6 is 35.2 Å². The van der Waals surface area contributed by atoms with E-state index in [9.17, 15) is 52.6 Å². The molecule has 3 aliphatic heterocycles. The van der Waals surface area contributed by atoms with Crippen molar-refractivity contribution in [1.82, 2.24) is 30.8 Å². The largest absolute Gasteiger partial charge is 0.490 e. The number of hydrogen-bond donors (Lipinski definition) is 10. The molecular formula is C27H45N6O17P3S. The third-order valence-corrected chi connectivity index (χ3v) is 13.9. The van der Waals surface area contributed by atoms with Crippen LogP contribution in [0.1, 0.15) is 69.6 Å². The van der Waals surface area contributed by atoms with E-state index in [0.717, 1.165) is 55.0 Å². The summed E-state index contributed by atoms with van der Waals surface area (Å²) < 4.78 is 52.3. The van der Waals surface area contributed by atoms with Gasteiger partial charge in [-0.3, -0.25) is 28.5 Å². The maximum absolute atomic E-state index is 12.5. The molecule has 4 rings (SSSR count). The second-order valence-corrected chi connectivity index (χ2v) is 18.5. The van der Waals surface area contributed by atoms with Gasteiger partial charge in [0, 0.05) is 48.7 Å². The first kappa shape index (κ1) is 44.3. The minimum Gasteiger partial charge on any atom is -0.390 e. The summed E-state index contributed by atoms with van der Waals surface area (Å²) in [6.07, 6.45) is 2.32. The lowest BCUT2D eigenvalue weighted by Gasteiger charge is -2.19. The molecule has 1 aromatic rings. The number of aliphatic hydroxyl groups is 1. The number of aromatic nitrogens is 2. The molecule has 27 heteroatoms. The van der Waals surface area contributed by atoms with Crippen LogP contribution in [0, 0.1) is 0 Å². The normalized spacial score (nSPS) is 26.0. The first-order valence-corrected chi connectivity index (χ1v) is 22.6. The highest BCUT2D eigenvalue weighted by molar-refractivity contribution is 8.00. The number of carbonyl (C=O) groups excluding carboxylic acids is 3. The summed E-state index contributed by atoms with van der Waals surface area (Å²) in [4.78, 5) is 99.3. The van der Waals surface area contributed by atoms with Crippen molar-refractivity contribution in [2.45, 2.75) is 100.0 Å². The standard InChI is InChI=1S/C27H45N6O17P3S/c34-18-12-23(48-19(18)14-47-52(43,44)50-53(45,46)49-51(40,41)42)33-13-16(25(37)32-27(33)39)11-22(36)29-10-6-2-1-5-9-28-21(35)8-4-3-7-20-24-17(15-54-20)30-26(38)31-24/h13,17-20,23-24,34H,1-12,14-15H2,(H,28,35)(H,29,36)(H,43,44)(H,45,46)(H2,30,31,38)(H,32,37,39)(H2,40,41,42)/t17-,18-,19+,20?,23+,24-/m0/s1. The summed E-state index contributed by atoms with van der Waals surface area (Å²) in [6.45, 7) is -0.106. The number of fused-ring (bicyclic) bond motifs is 1. The molecule has 0 aromatic carbocycles. The van der Waals surface area contributed by atoms with E-state index in [-0.39, 0.29) is 36.0 Å². The number of aliphatic hydroxyl groups excluding tert-OH is 1. The van der Waals surface area contributed by atoms with Crippen LogP contribution in [0.25, 0.3) is 0 Å². The van der Waals surface area contributed by atoms with Crippen molar-refractivity contribution in [3.8, 4) is 0 Å². The van der Waals surface area contributed by atoms with Crippen LogP contribution in [-0.2, 0) is 47.6 Å². The Labute approximate surface area is 312 Å². The fourth-order valence-corrected chi connectivity index (χ4v) is 10.6. The highest BCUT2D eigenvalue weighted by Gasteiger charge is 2.44. The lowest BCUT2D eigenvalue weighted by atomic mass is 10.0. The Kier molecular flexibility index (Phi) is 16.1. The van der Waals surface area contributed by atoms with Crippen LogP contribution in [0.5, 0.6) is 0 Å². The first-order valence-electron chi connectivity index (χ1n) is 17.0. The van der Waals surface area contributed by atoms with Crippen molar-refractivity contribution in [3.05, 3.63) is 32.6 Å². The zero-order chi connectivity index (χ0) is 39.7. The topological polar surface area (TPSA) is 343 Å². The van der Waals surface area contributed by atoms with Gasteiger partial charge in [0.05, 0.1) is 31.2 Å². The summed E-state index contributed by atoms with van der Waals surface area (Å²) in [5, 5.41) is 22.2. The predicted molar refractivity (Wildman–Crippen MR) is 188 cm³/mol. The molecule has 0 saturated carbocycles. The zero-order valence-electron chi connectivity index (χ0n) is 28.8. The zero-order valence-corrected chi connectivity index (χ0v) is 32.3. The van der Waals surface area contributed by atoms with Crippen molar-refractivity contribution in [3.63, 3.8) is 0 Å². The molecule has 0 spiro atoms. The monoisotopic (exact) mass is 850 g/mol. The van der Waals surface area contributed by atoms with Crippen molar-refractivity contribution in [2.24, 2.45) is 0 Å². The van der Waals surface area contributed by atoms with Crippen molar-refractivity contribution < 1.29 is 70.6 Å². The third kappa shape index (κ3) is 14.3. The molecule has 3 saturated heterocycles. The number of ether oxygens (including phenoxy) is 1. The molecule has 23 nitrogen and oxygen atoms in total. The van der Waals surface area contributed by atoms with Gasteiger partial charge in [-0.05, 0) is 25.7 Å². The number of phosphoric ester groups is 1. The van der Waals surface area contributed by atoms with Gasteiger partial charge in [0.15, 0.2) is 0 Å². The molecule has 4 heterocycles. The fraction of sp³-hybridized carbons (Fsp3) is 0.741. The van der Waals surface area contributed by atoms with Crippen LogP contribution in [0.3, 0.4) is 0 Å². The molecule has 1 aromatic heterocycles. The highest BCUT2D eigenvalue weighted by atomic mass is 32.2. The van der Waals surface area contributed by atoms with Crippen molar-refractivity contribution in [2.75, 3.05) is 25.4 Å². The second-order valence-electron chi connectivity index (χ2n) is 12.8. The Bertz CT molecular complexity index is 1760. The summed E-state index contributed by atoms with van der Waals surface area (Å²) in [6, 6.07) is 0.240. The number of hydrogen-bond acceptors (Lipinski definition) is 14. The fourth-order valence-electron chi connectivity index (χ4n) is 6.03. The van der Waals surface area contributed by atoms with Gasteiger partial charge >= 0.3 is 35.2 Å². The Morgan fingerprint density at radius 2 is 1.61 bits per heavy atom. The molecule has 0 aliphatic carbocycles. The molecule has 0 radical (unpaired) electrons. The van der Waals surface area contributed by atoms with Gasteiger partial charge in [0.2, 0.25) is 11.8 Å². The molecular weight excluding hydrogens is 805 g/mol. The minimum absolute atomic E-state index is 0.00207. The van der Waals surface area contributed by atoms with Gasteiger partial charge in [0.1, 0.15) is 12.3 Å². The van der Waals surface area contributed by atoms with Gasteiger partial charge in [-0.15, -0.1) is 0 Å². The summed E-state index contributed by atoms with van der Waals surface area (Å²) in [7, 11) is -16.9. The average Bonchev–Trinajstić information content (AvgIpc) is 3.72. The van der Waals surface area contributed by atoms with Crippen molar-refractivity contribution >= 4 is 53.1 Å². The molecule has 3 aliphatic rings. The number of aromatic amines is 1. The lowest BCUT2D eigenvalue weighted by Crippen LogP contribution is -2.36. The van der Waals surface area contributed by atoms with Crippen LogP contribution in [-0.4, -0.2) is 107 Å². The van der Waals surface area contributed by atoms with Gasteiger partial charge < -0.3 is 50.7 Å². The Hall–Kier alpha value is -2.43. The van der Waals surface area contributed by atoms with E-state index in [0.29, 0.717) is 31.2 Å². The lowest BCUT2D eigenvalue weighted by molar-refractivity contribution is -0.121. The maximum Gasteiger partial charge on any atom is 0.490 e. The summed E-state index contributed by atoms with van der Waals surface area (Å²) in [5.41, 5.74) is -1.90. The van der Waals surface area contributed by atoms with Crippen molar-refractivity contribution in [1.29, 1.82) is 0 Å². The Morgan fingerprint density at radius 3 is 2.30 bits per heavy atom. The van der Waals surface area contributed by atoms with Crippen LogP contribution in [0.15, 0.2) is 15.8 Å². The number of rotatable bonds is 22. The minimum atomic E-state index is -5.77. The molecule has 10 N–H and O–H groups in total. The number of carbonyl (C=O) groups is 3. The number of H-pyrrole nitrogens is 1. The molecule has 3 unspecified atom stereocenters. The Balaban J connectivity index is 1.09. The van der Waals surface area contributed by atoms with E-state index in [4.69, 9.17) is 14.5 Å². The molecule has 54 heavy (non-hydrogen) atoms. The average molecular weight is 851 g/mol. The van der Waals surface area contributed by atoms with Crippen LogP contribution < -0.4 is 32.5 Å². The summed E-state index contributed by atoms with van der Waals surface area (Å²) >= 11 is 1.85. The van der Waals surface area contributed by atoms with Gasteiger partial charge in [0.25, 0.3) is 5.56 Å². The van der Waals surface area contributed by atoms with E-state index < -0.39 is 72.1 Å². The smallest absolute Gasteiger partial charge is 0.390 e. The third-order valence-electron chi connectivity index (χ3n) is 8.55. The number of unbranched alkanes of at least 4 members (excludes halogenated alkanes) is 4. The van der Waals surface area contributed by atoms with Crippen LogP contribution in [0.2, 0.25) is 0 Å². The van der Waals surface area contributed by atoms with Gasteiger partial charge in [-0.1, -0.05) is 19.3 Å². The summed E-state index contributed by atoms with van der Waals surface area (Å²) in [5.74, 6) is 0.398. The SMILES string of the molecule is O=C(CCCCC1SC[C@@H]2NC(=O)N[C@H]12)NCCCCCCNC(=O)Cc1cn([C@H]2C[C@H](O)[C@@H](COP(=O)(O)OP(=O)(O)OP(=O)(O)O)O2)c(=O)[nH]c1=O.